The van der Waals surface area contributed by atoms with Crippen LogP contribution in [0.4, 0.5) is 0 Å². The van der Waals surface area contributed by atoms with Gasteiger partial charge in [0.2, 0.25) is 0 Å². The average molecular weight is 191 g/mol. The van der Waals surface area contributed by atoms with Gasteiger partial charge in [0, 0.05) is 12.7 Å². The zero-order valence-electron chi connectivity index (χ0n) is 7.76. The standard InChI is InChI=1S/C8H17NO2S/c1-9-7-5-3-4-6-8(10)11-12-2/h9H,3-7H2,1-2H3. The molecule has 0 aliphatic rings. The maximum Gasteiger partial charge on any atom is 0.317 e. The van der Waals surface area contributed by atoms with E-state index in [1.807, 2.05) is 7.05 Å². The first-order valence-electron chi connectivity index (χ1n) is 4.19. The van der Waals surface area contributed by atoms with E-state index < -0.39 is 0 Å². The minimum atomic E-state index is -0.105. The molecule has 0 aromatic rings. The Balaban J connectivity index is 3.03. The summed E-state index contributed by atoms with van der Waals surface area (Å²) in [5.41, 5.74) is 0. The third-order valence-corrected chi connectivity index (χ3v) is 1.84. The van der Waals surface area contributed by atoms with Crippen molar-refractivity contribution in [3.8, 4) is 0 Å². The number of hydrogen-bond donors (Lipinski definition) is 1. The van der Waals surface area contributed by atoms with Crippen molar-refractivity contribution in [2.45, 2.75) is 25.7 Å². The highest BCUT2D eigenvalue weighted by atomic mass is 32.2. The van der Waals surface area contributed by atoms with Crippen LogP contribution in [0.1, 0.15) is 25.7 Å². The van der Waals surface area contributed by atoms with E-state index in [1.54, 1.807) is 6.26 Å². The van der Waals surface area contributed by atoms with E-state index in [1.165, 1.54) is 0 Å². The summed E-state index contributed by atoms with van der Waals surface area (Å²) in [5.74, 6) is -0.105. The second kappa shape index (κ2) is 8.87. The highest BCUT2D eigenvalue weighted by molar-refractivity contribution is 7.94. The topological polar surface area (TPSA) is 38.3 Å². The molecule has 0 unspecified atom stereocenters. The van der Waals surface area contributed by atoms with E-state index in [0.717, 1.165) is 37.8 Å². The van der Waals surface area contributed by atoms with Crippen LogP contribution in [0.25, 0.3) is 0 Å². The monoisotopic (exact) mass is 191 g/mol. The van der Waals surface area contributed by atoms with Gasteiger partial charge in [0.15, 0.2) is 0 Å². The van der Waals surface area contributed by atoms with E-state index in [2.05, 4.69) is 5.32 Å². The minimum absolute atomic E-state index is 0.105. The summed E-state index contributed by atoms with van der Waals surface area (Å²) in [7, 11) is 1.93. The van der Waals surface area contributed by atoms with Crippen molar-refractivity contribution in [2.75, 3.05) is 19.8 Å². The van der Waals surface area contributed by atoms with Gasteiger partial charge in [-0.3, -0.25) is 4.79 Å². The first kappa shape index (κ1) is 11.8. The van der Waals surface area contributed by atoms with Gasteiger partial charge in [-0.2, -0.15) is 0 Å². The van der Waals surface area contributed by atoms with Crippen LogP contribution in [-0.4, -0.2) is 25.8 Å². The number of nitrogens with one attached hydrogen (secondary N) is 1. The van der Waals surface area contributed by atoms with Crippen molar-refractivity contribution in [3.05, 3.63) is 0 Å². The molecule has 4 heteroatoms. The molecule has 0 heterocycles. The lowest BCUT2D eigenvalue weighted by atomic mass is 10.2. The molecule has 0 fully saturated rings. The molecule has 12 heavy (non-hydrogen) atoms. The lowest BCUT2D eigenvalue weighted by Crippen LogP contribution is -2.07. The van der Waals surface area contributed by atoms with Gasteiger partial charge in [0.1, 0.15) is 0 Å². The van der Waals surface area contributed by atoms with E-state index in [9.17, 15) is 4.79 Å². The summed E-state index contributed by atoms with van der Waals surface area (Å²) in [5, 5.41) is 3.06. The molecule has 3 nitrogen and oxygen atoms in total. The molecule has 0 bridgehead atoms. The van der Waals surface area contributed by atoms with Gasteiger partial charge < -0.3 is 9.50 Å². The van der Waals surface area contributed by atoms with Crippen LogP contribution >= 0.6 is 12.0 Å². The largest absolute Gasteiger partial charge is 0.392 e. The van der Waals surface area contributed by atoms with Gasteiger partial charge >= 0.3 is 5.97 Å². The van der Waals surface area contributed by atoms with Crippen LogP contribution < -0.4 is 5.32 Å². The number of carbonyl (C=O) groups is 1. The molecule has 0 aromatic heterocycles. The number of carbonyl (C=O) groups excluding carboxylic acids is 1. The maximum absolute atomic E-state index is 10.8. The van der Waals surface area contributed by atoms with Crippen LogP contribution in [0.3, 0.4) is 0 Å². The Morgan fingerprint density at radius 3 is 2.75 bits per heavy atom. The molecule has 0 atom stereocenters. The number of hydrogen-bond acceptors (Lipinski definition) is 4. The fraction of sp³-hybridized carbons (Fsp3) is 0.875. The molecule has 1 N–H and O–H groups in total. The van der Waals surface area contributed by atoms with Crippen LogP contribution in [-0.2, 0) is 8.98 Å². The van der Waals surface area contributed by atoms with Crippen molar-refractivity contribution in [1.82, 2.24) is 5.32 Å². The van der Waals surface area contributed by atoms with Crippen LogP contribution in [0.15, 0.2) is 0 Å². The average Bonchev–Trinajstić information content (AvgIpc) is 2.05. The fourth-order valence-corrected chi connectivity index (χ4v) is 1.15. The highest BCUT2D eigenvalue weighted by Crippen LogP contribution is 2.04. The van der Waals surface area contributed by atoms with Crippen molar-refractivity contribution in [2.24, 2.45) is 0 Å². The fourth-order valence-electron chi connectivity index (χ4n) is 0.883. The first-order valence-corrected chi connectivity index (χ1v) is 5.34. The van der Waals surface area contributed by atoms with Crippen molar-refractivity contribution in [1.29, 1.82) is 0 Å². The molecule has 72 valence electrons. The zero-order valence-corrected chi connectivity index (χ0v) is 8.58. The third kappa shape index (κ3) is 7.88. The van der Waals surface area contributed by atoms with Crippen LogP contribution in [0.5, 0.6) is 0 Å². The van der Waals surface area contributed by atoms with Gasteiger partial charge in [-0.15, -0.1) is 0 Å². The Hall–Kier alpha value is -0.220. The van der Waals surface area contributed by atoms with Crippen LogP contribution in [0.2, 0.25) is 0 Å². The predicted molar refractivity (Wildman–Crippen MR) is 52.0 cm³/mol. The lowest BCUT2D eigenvalue weighted by Gasteiger charge is -2.00. The molecule has 0 radical (unpaired) electrons. The SMILES string of the molecule is CNCCCCCC(=O)OSC. The summed E-state index contributed by atoms with van der Waals surface area (Å²) in [6.07, 6.45) is 5.44. The Bertz CT molecular complexity index is 120. The zero-order chi connectivity index (χ0) is 9.23. The Labute approximate surface area is 78.5 Å². The predicted octanol–water partition coefficient (Wildman–Crippen LogP) is 1.59. The summed E-state index contributed by atoms with van der Waals surface area (Å²) < 4.78 is 4.71. The second-order valence-electron chi connectivity index (χ2n) is 2.54. The number of rotatable bonds is 7. The molecule has 0 rings (SSSR count). The molecule has 0 aliphatic heterocycles. The van der Waals surface area contributed by atoms with Crippen molar-refractivity contribution >= 4 is 18.0 Å². The summed E-state index contributed by atoms with van der Waals surface area (Å²) >= 11 is 1.12. The molecule has 0 spiro atoms. The Morgan fingerprint density at radius 1 is 1.42 bits per heavy atom. The van der Waals surface area contributed by atoms with Crippen molar-refractivity contribution < 1.29 is 8.98 Å². The Kier molecular flexibility index (Phi) is 8.71. The lowest BCUT2D eigenvalue weighted by molar-refractivity contribution is -0.133. The van der Waals surface area contributed by atoms with Gasteiger partial charge in [-0.1, -0.05) is 6.42 Å². The van der Waals surface area contributed by atoms with Gasteiger partial charge in [-0.25, -0.2) is 0 Å². The molecule has 0 aromatic carbocycles. The third-order valence-electron chi connectivity index (χ3n) is 1.48. The molecular formula is C8H17NO2S. The smallest absolute Gasteiger partial charge is 0.317 e. The summed E-state index contributed by atoms with van der Waals surface area (Å²) in [6.45, 7) is 1.03. The van der Waals surface area contributed by atoms with E-state index in [4.69, 9.17) is 4.18 Å². The molecule has 0 amide bonds. The summed E-state index contributed by atoms with van der Waals surface area (Å²) in [4.78, 5) is 10.8. The van der Waals surface area contributed by atoms with Crippen molar-refractivity contribution in [3.63, 3.8) is 0 Å². The summed E-state index contributed by atoms with van der Waals surface area (Å²) in [6, 6.07) is 0. The van der Waals surface area contributed by atoms with Crippen LogP contribution in [0, 0.1) is 0 Å². The first-order chi connectivity index (χ1) is 5.81. The molecule has 0 saturated carbocycles. The normalized spacial score (nSPS) is 9.83. The molecule has 0 saturated heterocycles. The van der Waals surface area contributed by atoms with Gasteiger partial charge in [-0.05, 0) is 26.4 Å². The quantitative estimate of drug-likeness (QED) is 0.490. The Morgan fingerprint density at radius 2 is 2.17 bits per heavy atom. The molecule has 0 aliphatic carbocycles. The highest BCUT2D eigenvalue weighted by Gasteiger charge is 2.00. The minimum Gasteiger partial charge on any atom is -0.392 e. The second-order valence-corrected chi connectivity index (χ2v) is 3.04. The van der Waals surface area contributed by atoms with E-state index in [0.29, 0.717) is 6.42 Å². The van der Waals surface area contributed by atoms with E-state index in [-0.39, 0.29) is 5.97 Å². The van der Waals surface area contributed by atoms with Gasteiger partial charge in [0.25, 0.3) is 0 Å². The van der Waals surface area contributed by atoms with Gasteiger partial charge in [0.05, 0.1) is 12.0 Å². The maximum atomic E-state index is 10.8. The van der Waals surface area contributed by atoms with E-state index >= 15 is 0 Å². The molecular weight excluding hydrogens is 174 g/mol. The number of unbranched alkanes of at least 4 members (excludes halogenated alkanes) is 2.